The molecule has 3 heterocycles. The van der Waals surface area contributed by atoms with Gasteiger partial charge in [-0.2, -0.15) is 5.10 Å². The third-order valence-electron chi connectivity index (χ3n) is 5.23. The summed E-state index contributed by atoms with van der Waals surface area (Å²) in [6.45, 7) is 9.21. The average molecular weight is 440 g/mol. The first-order valence-electron chi connectivity index (χ1n) is 11.3. The Hall–Kier alpha value is -3.29. The number of nitrogens with zero attached hydrogens (tertiary/aromatic N) is 5. The zero-order valence-electron chi connectivity index (χ0n) is 19.3. The minimum absolute atomic E-state index is 0.0275. The maximum absolute atomic E-state index is 13.1. The first-order valence-corrected chi connectivity index (χ1v) is 11.3. The van der Waals surface area contributed by atoms with E-state index in [-0.39, 0.29) is 23.6 Å². The minimum atomic E-state index is -1.08. The Kier molecular flexibility index (Phi) is 9.78. The number of carboxylic acids is 1. The molecule has 0 bridgehead atoms. The molecule has 1 fully saturated rings. The van der Waals surface area contributed by atoms with Crippen LogP contribution in [0.3, 0.4) is 0 Å². The van der Waals surface area contributed by atoms with Crippen LogP contribution in [0.25, 0.3) is 0 Å². The Balaban J connectivity index is 0.000000860. The molecular formula is C24H33N5O3. The molecule has 0 spiro atoms. The second kappa shape index (κ2) is 12.5. The highest BCUT2D eigenvalue weighted by Crippen LogP contribution is 2.32. The average Bonchev–Trinajstić information content (AvgIpc) is 3.37. The molecular weight excluding hydrogens is 406 g/mol. The van der Waals surface area contributed by atoms with Gasteiger partial charge in [-0.25, -0.2) is 19.8 Å². The summed E-state index contributed by atoms with van der Waals surface area (Å²) >= 11 is 0. The lowest BCUT2D eigenvalue weighted by Gasteiger charge is -2.33. The normalized spacial score (nSPS) is 17.7. The number of benzene rings is 1. The lowest BCUT2D eigenvalue weighted by atomic mass is 9.94. The third-order valence-corrected chi connectivity index (χ3v) is 5.23. The molecule has 8 heteroatoms. The van der Waals surface area contributed by atoms with Crippen molar-refractivity contribution in [3.8, 4) is 0 Å². The van der Waals surface area contributed by atoms with E-state index in [0.717, 1.165) is 12.0 Å². The van der Waals surface area contributed by atoms with Gasteiger partial charge in [-0.3, -0.25) is 4.79 Å². The first kappa shape index (κ1) is 25.0. The molecule has 32 heavy (non-hydrogen) atoms. The van der Waals surface area contributed by atoms with Crippen LogP contribution in [-0.4, -0.2) is 51.3 Å². The number of anilines is 1. The van der Waals surface area contributed by atoms with Crippen molar-refractivity contribution in [3.05, 3.63) is 53.9 Å². The topological polar surface area (TPSA) is 99.0 Å². The quantitative estimate of drug-likeness (QED) is 0.758. The van der Waals surface area contributed by atoms with Crippen molar-refractivity contribution >= 4 is 24.0 Å². The molecule has 2 aliphatic heterocycles. The fourth-order valence-corrected chi connectivity index (χ4v) is 3.71. The SMILES string of the molecule is CC.CC.O=C(O)c1ccnc(N2CCC(C(=O)N3N=CCC3c3ccccc3)CC2)n1. The molecule has 1 amide bonds. The Bertz CT molecular complexity index is 896. The van der Waals surface area contributed by atoms with Crippen LogP contribution in [0.1, 0.15) is 69.1 Å². The number of hydrogen-bond acceptors (Lipinski definition) is 6. The molecule has 1 aromatic heterocycles. The van der Waals surface area contributed by atoms with Crippen LogP contribution in [0.5, 0.6) is 0 Å². The summed E-state index contributed by atoms with van der Waals surface area (Å²) < 4.78 is 0. The van der Waals surface area contributed by atoms with Gasteiger partial charge in [0.05, 0.1) is 6.04 Å². The molecule has 1 unspecified atom stereocenters. The maximum Gasteiger partial charge on any atom is 0.354 e. The van der Waals surface area contributed by atoms with Gasteiger partial charge in [-0.1, -0.05) is 58.0 Å². The lowest BCUT2D eigenvalue weighted by Crippen LogP contribution is -2.41. The van der Waals surface area contributed by atoms with Crippen molar-refractivity contribution in [2.45, 2.75) is 53.0 Å². The summed E-state index contributed by atoms with van der Waals surface area (Å²) in [5.74, 6) is -0.748. The molecule has 8 nitrogen and oxygen atoms in total. The van der Waals surface area contributed by atoms with Gasteiger partial charge in [-0.05, 0) is 24.5 Å². The molecule has 4 rings (SSSR count). The van der Waals surface area contributed by atoms with Gasteiger partial charge in [0.25, 0.3) is 0 Å². The second-order valence-corrected chi connectivity index (χ2v) is 6.95. The number of rotatable bonds is 4. The third kappa shape index (κ3) is 5.90. The van der Waals surface area contributed by atoms with Gasteiger partial charge in [-0.15, -0.1) is 0 Å². The monoisotopic (exact) mass is 439 g/mol. The Morgan fingerprint density at radius 3 is 2.28 bits per heavy atom. The van der Waals surface area contributed by atoms with E-state index >= 15 is 0 Å². The highest BCUT2D eigenvalue weighted by Gasteiger charge is 2.35. The zero-order valence-corrected chi connectivity index (χ0v) is 19.3. The fraction of sp³-hybridized carbons (Fsp3) is 0.458. The fourth-order valence-electron chi connectivity index (χ4n) is 3.71. The summed E-state index contributed by atoms with van der Waals surface area (Å²) in [4.78, 5) is 34.4. The number of carbonyl (C=O) groups is 2. The van der Waals surface area contributed by atoms with Gasteiger partial charge in [0.2, 0.25) is 11.9 Å². The van der Waals surface area contributed by atoms with Gasteiger partial charge in [0, 0.05) is 37.8 Å². The van der Waals surface area contributed by atoms with E-state index in [0.29, 0.717) is 31.9 Å². The predicted octanol–water partition coefficient (Wildman–Crippen LogP) is 4.40. The van der Waals surface area contributed by atoms with Gasteiger partial charge >= 0.3 is 5.97 Å². The van der Waals surface area contributed by atoms with E-state index in [1.807, 2.05) is 62.9 Å². The van der Waals surface area contributed by atoms with Gasteiger partial charge in [0.15, 0.2) is 5.69 Å². The Labute approximate surface area is 190 Å². The number of piperidine rings is 1. The molecule has 1 saturated heterocycles. The van der Waals surface area contributed by atoms with E-state index in [4.69, 9.17) is 5.11 Å². The van der Waals surface area contributed by atoms with Crippen molar-refractivity contribution in [1.82, 2.24) is 15.0 Å². The summed E-state index contributed by atoms with van der Waals surface area (Å²) in [7, 11) is 0. The second-order valence-electron chi connectivity index (χ2n) is 6.95. The standard InChI is InChI=1S/C20H21N5O3.2C2H6/c26-18(25-17(7-11-22-25)14-4-2-1-3-5-14)15-8-12-24(13-9-15)20-21-10-6-16(23-20)19(27)28;2*1-2/h1-6,10-11,15,17H,7-9,12-13H2,(H,27,28);2*1-2H3. The highest BCUT2D eigenvalue weighted by atomic mass is 16.4. The van der Waals surface area contributed by atoms with Crippen LogP contribution in [0.2, 0.25) is 0 Å². The van der Waals surface area contributed by atoms with Crippen molar-refractivity contribution in [2.75, 3.05) is 18.0 Å². The first-order chi connectivity index (χ1) is 15.6. The summed E-state index contributed by atoms with van der Waals surface area (Å²) in [6.07, 6.45) is 5.30. The molecule has 1 N–H and O–H groups in total. The van der Waals surface area contributed by atoms with E-state index in [1.54, 1.807) is 11.2 Å². The van der Waals surface area contributed by atoms with Crippen molar-refractivity contribution < 1.29 is 14.7 Å². The largest absolute Gasteiger partial charge is 0.477 e. The maximum atomic E-state index is 13.1. The molecule has 1 atom stereocenters. The van der Waals surface area contributed by atoms with Crippen molar-refractivity contribution in [1.29, 1.82) is 0 Å². The number of hydrogen-bond donors (Lipinski definition) is 1. The van der Waals surface area contributed by atoms with Crippen LogP contribution < -0.4 is 4.90 Å². The molecule has 1 aromatic carbocycles. The molecule has 0 radical (unpaired) electrons. The van der Waals surface area contributed by atoms with Crippen molar-refractivity contribution in [2.24, 2.45) is 11.0 Å². The molecule has 2 aliphatic rings. The minimum Gasteiger partial charge on any atom is -0.477 e. The molecule has 0 aliphatic carbocycles. The van der Waals surface area contributed by atoms with E-state index < -0.39 is 5.97 Å². The van der Waals surface area contributed by atoms with E-state index in [1.165, 1.54) is 12.3 Å². The number of hydrazone groups is 1. The van der Waals surface area contributed by atoms with Crippen LogP contribution >= 0.6 is 0 Å². The summed E-state index contributed by atoms with van der Waals surface area (Å²) in [6, 6.07) is 11.3. The van der Waals surface area contributed by atoms with Crippen molar-refractivity contribution in [3.63, 3.8) is 0 Å². The number of carboxylic acid groups (broad SMARTS) is 1. The number of carbonyl (C=O) groups excluding carboxylic acids is 1. The van der Waals surface area contributed by atoms with E-state index in [2.05, 4.69) is 15.1 Å². The zero-order chi connectivity index (χ0) is 23.5. The van der Waals surface area contributed by atoms with Crippen LogP contribution in [0.4, 0.5) is 5.95 Å². The number of aromatic carboxylic acids is 1. The van der Waals surface area contributed by atoms with Crippen LogP contribution in [0.15, 0.2) is 47.7 Å². The van der Waals surface area contributed by atoms with Crippen LogP contribution in [-0.2, 0) is 4.79 Å². The van der Waals surface area contributed by atoms with Gasteiger partial charge in [0.1, 0.15) is 0 Å². The Morgan fingerprint density at radius 1 is 1.00 bits per heavy atom. The van der Waals surface area contributed by atoms with Crippen LogP contribution in [0, 0.1) is 5.92 Å². The number of aromatic nitrogens is 2. The lowest BCUT2D eigenvalue weighted by molar-refractivity contribution is -0.138. The molecule has 172 valence electrons. The molecule has 2 aromatic rings. The Morgan fingerprint density at radius 2 is 1.66 bits per heavy atom. The predicted molar refractivity (Wildman–Crippen MR) is 126 cm³/mol. The highest BCUT2D eigenvalue weighted by molar-refractivity contribution is 5.85. The van der Waals surface area contributed by atoms with Gasteiger partial charge < -0.3 is 10.0 Å². The smallest absolute Gasteiger partial charge is 0.354 e. The van der Waals surface area contributed by atoms with E-state index in [9.17, 15) is 9.59 Å². The summed E-state index contributed by atoms with van der Waals surface area (Å²) in [5.41, 5.74) is 1.06. The molecule has 0 saturated carbocycles. The number of amides is 1. The summed E-state index contributed by atoms with van der Waals surface area (Å²) in [5, 5.41) is 15.0.